The molecule has 1 saturated carbocycles. The minimum Gasteiger partial charge on any atom is -0.392 e. The number of aliphatic imine (C=N–C) groups is 1. The molecule has 7 heteroatoms. The first kappa shape index (κ1) is 27.3. The molecule has 0 spiro atoms. The van der Waals surface area contributed by atoms with E-state index in [1.54, 1.807) is 0 Å². The lowest BCUT2D eigenvalue weighted by molar-refractivity contribution is 0.00711. The van der Waals surface area contributed by atoms with E-state index in [1.165, 1.54) is 12.0 Å². The van der Waals surface area contributed by atoms with Gasteiger partial charge in [-0.25, -0.2) is 0 Å². The highest BCUT2D eigenvalue weighted by molar-refractivity contribution is 14.0. The molecule has 0 aromatic heterocycles. The van der Waals surface area contributed by atoms with Crippen LogP contribution < -0.4 is 16.0 Å². The first-order valence-corrected chi connectivity index (χ1v) is 12.1. The summed E-state index contributed by atoms with van der Waals surface area (Å²) in [5.41, 5.74) is 1.13. The maximum absolute atomic E-state index is 10.5. The summed E-state index contributed by atoms with van der Waals surface area (Å²) in [5.74, 6) is 0.835. The Bertz CT molecular complexity index is 696. The molecular formula is C25H43IN4O2. The zero-order chi connectivity index (χ0) is 22.2. The molecule has 32 heavy (non-hydrogen) atoms. The van der Waals surface area contributed by atoms with Gasteiger partial charge in [-0.2, -0.15) is 0 Å². The predicted octanol–water partition coefficient (Wildman–Crippen LogP) is 4.00. The first-order chi connectivity index (χ1) is 15.0. The van der Waals surface area contributed by atoms with E-state index >= 15 is 0 Å². The Balaban J connectivity index is 0.00000363. The van der Waals surface area contributed by atoms with Crippen LogP contribution in [0, 0.1) is 5.41 Å². The van der Waals surface area contributed by atoms with E-state index in [0.29, 0.717) is 6.54 Å². The van der Waals surface area contributed by atoms with Crippen molar-refractivity contribution in [2.45, 2.75) is 77.0 Å². The van der Waals surface area contributed by atoms with Crippen molar-refractivity contribution in [2.24, 2.45) is 10.4 Å². The van der Waals surface area contributed by atoms with Crippen molar-refractivity contribution in [1.82, 2.24) is 16.0 Å². The van der Waals surface area contributed by atoms with Crippen LogP contribution in [0.15, 0.2) is 35.3 Å². The first-order valence-electron chi connectivity index (χ1n) is 12.1. The molecule has 1 aromatic rings. The molecular weight excluding hydrogens is 515 g/mol. The summed E-state index contributed by atoms with van der Waals surface area (Å²) in [6, 6.07) is 10.9. The number of halogens is 1. The molecule has 3 atom stereocenters. The third-order valence-electron chi connectivity index (χ3n) is 7.09. The van der Waals surface area contributed by atoms with Crippen LogP contribution in [0.1, 0.15) is 70.9 Å². The second-order valence-electron chi connectivity index (χ2n) is 9.63. The van der Waals surface area contributed by atoms with Crippen LogP contribution in [-0.2, 0) is 4.74 Å². The Morgan fingerprint density at radius 1 is 1.16 bits per heavy atom. The highest BCUT2D eigenvalue weighted by Crippen LogP contribution is 2.36. The van der Waals surface area contributed by atoms with Crippen LogP contribution in [0.5, 0.6) is 0 Å². The Morgan fingerprint density at radius 3 is 2.53 bits per heavy atom. The third kappa shape index (κ3) is 7.57. The second-order valence-corrected chi connectivity index (χ2v) is 9.63. The van der Waals surface area contributed by atoms with Crippen molar-refractivity contribution in [1.29, 1.82) is 0 Å². The SMILES string of the molecule is CCNC(=NCC1(C)CCCCC1O)NCC1(NC(C)c2ccccc2)CCOCC1.I. The molecule has 2 aliphatic rings. The van der Waals surface area contributed by atoms with E-state index in [9.17, 15) is 5.11 Å². The van der Waals surface area contributed by atoms with Crippen LogP contribution in [0.25, 0.3) is 0 Å². The number of nitrogens with zero attached hydrogens (tertiary/aromatic N) is 1. The van der Waals surface area contributed by atoms with E-state index in [1.807, 2.05) is 0 Å². The van der Waals surface area contributed by atoms with Gasteiger partial charge in [-0.05, 0) is 45.1 Å². The zero-order valence-corrected chi connectivity index (χ0v) is 22.4. The van der Waals surface area contributed by atoms with Gasteiger partial charge in [0.15, 0.2) is 5.96 Å². The van der Waals surface area contributed by atoms with Crippen LogP contribution in [-0.4, -0.2) is 55.6 Å². The molecule has 1 aliphatic heterocycles. The number of hydrogen-bond acceptors (Lipinski definition) is 4. The lowest BCUT2D eigenvalue weighted by Crippen LogP contribution is -2.58. The van der Waals surface area contributed by atoms with Crippen LogP contribution in [0.2, 0.25) is 0 Å². The van der Waals surface area contributed by atoms with Gasteiger partial charge in [-0.3, -0.25) is 4.99 Å². The minimum atomic E-state index is -0.261. The van der Waals surface area contributed by atoms with Gasteiger partial charge in [0.05, 0.1) is 12.6 Å². The number of nitrogens with one attached hydrogen (secondary N) is 3. The fourth-order valence-electron chi connectivity index (χ4n) is 4.84. The number of guanidine groups is 1. The highest BCUT2D eigenvalue weighted by atomic mass is 127. The number of aliphatic hydroxyl groups excluding tert-OH is 1. The van der Waals surface area contributed by atoms with Crippen LogP contribution >= 0.6 is 24.0 Å². The summed E-state index contributed by atoms with van der Waals surface area (Å²) in [7, 11) is 0. The molecule has 0 radical (unpaired) electrons. The molecule has 0 bridgehead atoms. The van der Waals surface area contributed by atoms with E-state index in [4.69, 9.17) is 9.73 Å². The average Bonchev–Trinajstić information content (AvgIpc) is 2.79. The molecule has 1 heterocycles. The van der Waals surface area contributed by atoms with Gasteiger partial charge in [-0.1, -0.05) is 50.1 Å². The van der Waals surface area contributed by atoms with Gasteiger partial charge >= 0.3 is 0 Å². The monoisotopic (exact) mass is 558 g/mol. The topological polar surface area (TPSA) is 77.9 Å². The van der Waals surface area contributed by atoms with E-state index < -0.39 is 0 Å². The van der Waals surface area contributed by atoms with E-state index in [-0.39, 0.29) is 47.1 Å². The fraction of sp³-hybridized carbons (Fsp3) is 0.720. The Kier molecular flexibility index (Phi) is 11.2. The standard InChI is InChI=1S/C25H42N4O2.HI/c1-4-26-23(27-18-24(3)13-9-8-12-22(24)30)28-19-25(14-16-31-17-15-25)29-20(2)21-10-6-5-7-11-21;/h5-7,10-11,20,22,29-30H,4,8-9,12-19H2,1-3H3,(H2,26,27,28);1H. The predicted molar refractivity (Wildman–Crippen MR) is 143 cm³/mol. The number of benzene rings is 1. The smallest absolute Gasteiger partial charge is 0.191 e. The van der Waals surface area contributed by atoms with Gasteiger partial charge in [0.2, 0.25) is 0 Å². The molecule has 6 nitrogen and oxygen atoms in total. The quantitative estimate of drug-likeness (QED) is 0.221. The lowest BCUT2D eigenvalue weighted by atomic mass is 9.73. The van der Waals surface area contributed by atoms with E-state index in [0.717, 1.165) is 64.4 Å². The van der Waals surface area contributed by atoms with Crippen molar-refractivity contribution in [3.8, 4) is 0 Å². The second kappa shape index (κ2) is 13.1. The molecule has 3 rings (SSSR count). The van der Waals surface area contributed by atoms with Crippen molar-refractivity contribution in [3.05, 3.63) is 35.9 Å². The Morgan fingerprint density at radius 2 is 1.88 bits per heavy atom. The maximum Gasteiger partial charge on any atom is 0.191 e. The molecule has 0 amide bonds. The van der Waals surface area contributed by atoms with Crippen molar-refractivity contribution in [2.75, 3.05) is 32.8 Å². The Labute approximate surface area is 211 Å². The van der Waals surface area contributed by atoms with Gasteiger partial charge in [0, 0.05) is 43.3 Å². The highest BCUT2D eigenvalue weighted by Gasteiger charge is 2.36. The zero-order valence-electron chi connectivity index (χ0n) is 20.0. The summed E-state index contributed by atoms with van der Waals surface area (Å²) in [6.45, 7) is 10.3. The number of hydrogen-bond donors (Lipinski definition) is 4. The molecule has 3 unspecified atom stereocenters. The molecule has 1 aromatic carbocycles. The normalized spacial score (nSPS) is 26.6. The van der Waals surface area contributed by atoms with Crippen molar-refractivity contribution >= 4 is 29.9 Å². The summed E-state index contributed by atoms with van der Waals surface area (Å²) in [5, 5.41) is 21.4. The summed E-state index contributed by atoms with van der Waals surface area (Å²) < 4.78 is 5.68. The molecule has 2 fully saturated rings. The summed E-state index contributed by atoms with van der Waals surface area (Å²) >= 11 is 0. The minimum absolute atomic E-state index is 0. The van der Waals surface area contributed by atoms with Crippen molar-refractivity contribution < 1.29 is 9.84 Å². The van der Waals surface area contributed by atoms with E-state index in [2.05, 4.69) is 67.1 Å². The summed E-state index contributed by atoms with van der Waals surface area (Å²) in [6.07, 6.45) is 5.89. The van der Waals surface area contributed by atoms with Gasteiger partial charge in [0.1, 0.15) is 0 Å². The lowest BCUT2D eigenvalue weighted by Gasteiger charge is -2.41. The summed E-state index contributed by atoms with van der Waals surface area (Å²) in [4.78, 5) is 4.89. The molecule has 182 valence electrons. The molecule has 1 saturated heterocycles. The third-order valence-corrected chi connectivity index (χ3v) is 7.09. The number of aliphatic hydroxyl groups is 1. The Hall–Kier alpha value is -0.900. The van der Waals surface area contributed by atoms with Crippen LogP contribution in [0.3, 0.4) is 0 Å². The molecule has 1 aliphatic carbocycles. The fourth-order valence-corrected chi connectivity index (χ4v) is 4.84. The number of rotatable bonds is 8. The van der Waals surface area contributed by atoms with Gasteiger partial charge in [0.25, 0.3) is 0 Å². The maximum atomic E-state index is 10.5. The van der Waals surface area contributed by atoms with Crippen molar-refractivity contribution in [3.63, 3.8) is 0 Å². The van der Waals surface area contributed by atoms with Gasteiger partial charge < -0.3 is 25.8 Å². The van der Waals surface area contributed by atoms with Crippen LogP contribution in [0.4, 0.5) is 0 Å². The molecule has 4 N–H and O–H groups in total. The van der Waals surface area contributed by atoms with Gasteiger partial charge in [-0.15, -0.1) is 24.0 Å². The number of ether oxygens (including phenoxy) is 1. The average molecular weight is 559 g/mol. The largest absolute Gasteiger partial charge is 0.392 e.